The Morgan fingerprint density at radius 2 is 1.83 bits per heavy atom. The quantitative estimate of drug-likeness (QED) is 0.922. The molecule has 0 bridgehead atoms. The number of benzene rings is 1. The van der Waals surface area contributed by atoms with Crippen molar-refractivity contribution >= 4 is 6.09 Å². The Bertz CT molecular complexity index is 585. The minimum atomic E-state index is -0.231. The van der Waals surface area contributed by atoms with Crippen molar-refractivity contribution in [1.82, 2.24) is 9.80 Å². The summed E-state index contributed by atoms with van der Waals surface area (Å²) < 4.78 is 5.05. The number of nitrogens with zero attached hydrogens (tertiary/aromatic N) is 2. The summed E-state index contributed by atoms with van der Waals surface area (Å²) in [5, 5.41) is 10.7. The predicted molar refractivity (Wildman–Crippen MR) is 95.4 cm³/mol. The summed E-state index contributed by atoms with van der Waals surface area (Å²) in [5.74, 6) is 0.404. The topological polar surface area (TPSA) is 53.0 Å². The highest BCUT2D eigenvalue weighted by atomic mass is 16.6. The smallest absolute Gasteiger partial charge is 0.409 e. The van der Waals surface area contributed by atoms with E-state index in [4.69, 9.17) is 4.74 Å². The summed E-state index contributed by atoms with van der Waals surface area (Å²) in [6.45, 7) is 14.2. The summed E-state index contributed by atoms with van der Waals surface area (Å²) in [6, 6.07) is 4.12. The molecule has 0 atom stereocenters. The van der Waals surface area contributed by atoms with Gasteiger partial charge >= 0.3 is 6.09 Å². The lowest BCUT2D eigenvalue weighted by Gasteiger charge is -2.34. The van der Waals surface area contributed by atoms with E-state index in [-0.39, 0.29) is 11.5 Å². The molecule has 1 saturated heterocycles. The number of phenols is 1. The number of hydrogen-bond acceptors (Lipinski definition) is 4. The van der Waals surface area contributed by atoms with Crippen LogP contribution in [0.4, 0.5) is 4.79 Å². The number of piperazine rings is 1. The zero-order chi connectivity index (χ0) is 17.9. The van der Waals surface area contributed by atoms with E-state index in [1.165, 1.54) is 0 Å². The van der Waals surface area contributed by atoms with Gasteiger partial charge < -0.3 is 14.7 Å². The molecule has 1 amide bonds. The third-order valence-electron chi connectivity index (χ3n) is 4.43. The Morgan fingerprint density at radius 3 is 2.38 bits per heavy atom. The number of phenolic OH excluding ortho intramolecular Hbond substituents is 1. The van der Waals surface area contributed by atoms with Gasteiger partial charge in [0.25, 0.3) is 0 Å². The van der Waals surface area contributed by atoms with Crippen LogP contribution in [0.1, 0.15) is 44.4 Å². The maximum absolute atomic E-state index is 11.8. The molecule has 1 aromatic rings. The van der Waals surface area contributed by atoms with Crippen molar-refractivity contribution in [3.8, 4) is 5.75 Å². The molecule has 0 aliphatic carbocycles. The molecule has 1 heterocycles. The van der Waals surface area contributed by atoms with E-state index in [0.717, 1.165) is 29.8 Å². The number of carbonyl (C=O) groups is 1. The molecule has 0 radical (unpaired) electrons. The van der Waals surface area contributed by atoms with Crippen LogP contribution in [0.15, 0.2) is 12.1 Å². The Labute approximate surface area is 145 Å². The predicted octanol–water partition coefficient (Wildman–Crippen LogP) is 3.27. The average Bonchev–Trinajstić information content (AvgIpc) is 2.50. The van der Waals surface area contributed by atoms with E-state index in [2.05, 4.69) is 44.7 Å². The fourth-order valence-electron chi connectivity index (χ4n) is 3.09. The maximum Gasteiger partial charge on any atom is 0.409 e. The highest BCUT2D eigenvalue weighted by Crippen LogP contribution is 2.35. The molecule has 1 aliphatic heterocycles. The van der Waals surface area contributed by atoms with Crippen LogP contribution >= 0.6 is 0 Å². The van der Waals surface area contributed by atoms with Gasteiger partial charge in [0.1, 0.15) is 5.75 Å². The SMILES string of the molecule is CCOC(=O)N1CCN(Cc2cc(C)cc(C(C)(C)C)c2O)CC1. The Kier molecular flexibility index (Phi) is 5.75. The highest BCUT2D eigenvalue weighted by Gasteiger charge is 2.25. The molecule has 0 aromatic heterocycles. The Balaban J connectivity index is 2.05. The van der Waals surface area contributed by atoms with Gasteiger partial charge in [0, 0.05) is 38.3 Å². The summed E-state index contributed by atoms with van der Waals surface area (Å²) >= 11 is 0. The minimum Gasteiger partial charge on any atom is -0.507 e. The van der Waals surface area contributed by atoms with Crippen molar-refractivity contribution in [1.29, 1.82) is 0 Å². The van der Waals surface area contributed by atoms with Crippen molar-refractivity contribution < 1.29 is 14.6 Å². The van der Waals surface area contributed by atoms with Gasteiger partial charge in [-0.1, -0.05) is 38.5 Å². The van der Waals surface area contributed by atoms with Crippen LogP contribution in [-0.4, -0.2) is 53.8 Å². The highest BCUT2D eigenvalue weighted by molar-refractivity contribution is 5.67. The van der Waals surface area contributed by atoms with Gasteiger partial charge in [0.2, 0.25) is 0 Å². The van der Waals surface area contributed by atoms with Gasteiger partial charge in [-0.15, -0.1) is 0 Å². The third kappa shape index (κ3) is 4.41. The first kappa shape index (κ1) is 18.6. The van der Waals surface area contributed by atoms with Gasteiger partial charge in [0.05, 0.1) is 6.61 Å². The molecular weight excluding hydrogens is 304 g/mol. The van der Waals surface area contributed by atoms with Crippen LogP contribution in [-0.2, 0) is 16.7 Å². The number of carbonyl (C=O) groups excluding carboxylic acids is 1. The second-order valence-corrected chi connectivity index (χ2v) is 7.53. The number of hydrogen-bond donors (Lipinski definition) is 1. The standard InChI is InChI=1S/C19H30N2O3/c1-6-24-18(23)21-9-7-20(8-10-21)13-15-11-14(2)12-16(17(15)22)19(3,4)5/h11-12,22H,6-10,13H2,1-5H3. The largest absolute Gasteiger partial charge is 0.507 e. The molecule has 5 nitrogen and oxygen atoms in total. The van der Waals surface area contributed by atoms with E-state index in [1.807, 2.05) is 6.92 Å². The average molecular weight is 334 g/mol. The first-order valence-electron chi connectivity index (χ1n) is 8.69. The summed E-state index contributed by atoms with van der Waals surface area (Å²) in [5.41, 5.74) is 3.03. The molecule has 1 aliphatic rings. The number of aromatic hydroxyl groups is 1. The molecule has 0 unspecified atom stereocenters. The van der Waals surface area contributed by atoms with E-state index < -0.39 is 0 Å². The van der Waals surface area contributed by atoms with E-state index in [9.17, 15) is 9.90 Å². The molecule has 134 valence electrons. The normalized spacial score (nSPS) is 16.3. The van der Waals surface area contributed by atoms with Gasteiger partial charge in [-0.05, 0) is 24.8 Å². The van der Waals surface area contributed by atoms with Crippen molar-refractivity contribution in [3.63, 3.8) is 0 Å². The van der Waals surface area contributed by atoms with E-state index in [0.29, 0.717) is 32.0 Å². The Morgan fingerprint density at radius 1 is 1.21 bits per heavy atom. The van der Waals surface area contributed by atoms with Gasteiger partial charge in [-0.3, -0.25) is 4.90 Å². The van der Waals surface area contributed by atoms with Crippen molar-refractivity contribution in [2.24, 2.45) is 0 Å². The van der Waals surface area contributed by atoms with Gasteiger partial charge in [-0.25, -0.2) is 4.79 Å². The third-order valence-corrected chi connectivity index (χ3v) is 4.43. The van der Waals surface area contributed by atoms with Crippen LogP contribution < -0.4 is 0 Å². The lowest BCUT2D eigenvalue weighted by Crippen LogP contribution is -2.48. The first-order valence-corrected chi connectivity index (χ1v) is 8.69. The van der Waals surface area contributed by atoms with Crippen LogP contribution in [0, 0.1) is 6.92 Å². The summed E-state index contributed by atoms with van der Waals surface area (Å²) in [6.07, 6.45) is -0.231. The fourth-order valence-corrected chi connectivity index (χ4v) is 3.09. The van der Waals surface area contributed by atoms with Crippen LogP contribution in [0.25, 0.3) is 0 Å². The lowest BCUT2D eigenvalue weighted by molar-refractivity contribution is 0.0776. The van der Waals surface area contributed by atoms with E-state index >= 15 is 0 Å². The molecule has 24 heavy (non-hydrogen) atoms. The van der Waals surface area contributed by atoms with Crippen LogP contribution in [0.2, 0.25) is 0 Å². The number of amides is 1. The zero-order valence-electron chi connectivity index (χ0n) is 15.6. The first-order chi connectivity index (χ1) is 11.2. The second kappa shape index (κ2) is 7.43. The monoisotopic (exact) mass is 334 g/mol. The Hall–Kier alpha value is -1.75. The fraction of sp³-hybridized carbons (Fsp3) is 0.632. The molecular formula is C19H30N2O3. The molecule has 1 N–H and O–H groups in total. The lowest BCUT2D eigenvalue weighted by atomic mass is 9.84. The number of rotatable bonds is 3. The molecule has 2 rings (SSSR count). The zero-order valence-corrected chi connectivity index (χ0v) is 15.6. The minimum absolute atomic E-state index is 0.0898. The molecule has 1 fully saturated rings. The van der Waals surface area contributed by atoms with Crippen molar-refractivity contribution in [2.45, 2.75) is 46.6 Å². The number of aryl methyl sites for hydroxylation is 1. The van der Waals surface area contributed by atoms with E-state index in [1.54, 1.807) is 4.90 Å². The van der Waals surface area contributed by atoms with Crippen molar-refractivity contribution in [2.75, 3.05) is 32.8 Å². The van der Waals surface area contributed by atoms with Crippen LogP contribution in [0.3, 0.4) is 0 Å². The second-order valence-electron chi connectivity index (χ2n) is 7.53. The number of ether oxygens (including phenoxy) is 1. The summed E-state index contributed by atoms with van der Waals surface area (Å²) in [4.78, 5) is 15.8. The van der Waals surface area contributed by atoms with Crippen LogP contribution in [0.5, 0.6) is 5.75 Å². The molecule has 0 saturated carbocycles. The van der Waals surface area contributed by atoms with Gasteiger partial charge in [0.15, 0.2) is 0 Å². The summed E-state index contributed by atoms with van der Waals surface area (Å²) in [7, 11) is 0. The van der Waals surface area contributed by atoms with Gasteiger partial charge in [-0.2, -0.15) is 0 Å². The molecule has 5 heteroatoms. The molecule has 0 spiro atoms. The molecule has 1 aromatic carbocycles. The van der Waals surface area contributed by atoms with Crippen molar-refractivity contribution in [3.05, 3.63) is 28.8 Å². The maximum atomic E-state index is 11.8.